The molecule has 0 aromatic rings. The van der Waals surface area contributed by atoms with Crippen LogP contribution in [0.2, 0.25) is 0 Å². The maximum Gasteiger partial charge on any atom is 0.335 e. The van der Waals surface area contributed by atoms with Crippen molar-refractivity contribution in [3.8, 4) is 0 Å². The van der Waals surface area contributed by atoms with Gasteiger partial charge in [0.25, 0.3) is 0 Å². The molecule has 0 bridgehead atoms. The standard InChI is InChI=1S/C15H21N3O4/c1-3-8-17-13(20)14(21)18(15(17)22)9-12(19)16-11-6-4-10(2)5-7-11/h3,10-11H,1,4-9H2,2H3,(H,16,19). The van der Waals surface area contributed by atoms with Crippen LogP contribution in [0.15, 0.2) is 12.7 Å². The lowest BCUT2D eigenvalue weighted by atomic mass is 9.87. The number of urea groups is 1. The zero-order chi connectivity index (χ0) is 16.3. The van der Waals surface area contributed by atoms with Crippen molar-refractivity contribution in [1.29, 1.82) is 0 Å². The summed E-state index contributed by atoms with van der Waals surface area (Å²) in [5.41, 5.74) is 0. The molecule has 1 heterocycles. The minimum Gasteiger partial charge on any atom is -0.352 e. The van der Waals surface area contributed by atoms with E-state index < -0.39 is 30.3 Å². The van der Waals surface area contributed by atoms with Gasteiger partial charge in [0, 0.05) is 12.6 Å². The van der Waals surface area contributed by atoms with Crippen molar-refractivity contribution >= 4 is 23.8 Å². The van der Waals surface area contributed by atoms with Crippen LogP contribution in [0.1, 0.15) is 32.6 Å². The van der Waals surface area contributed by atoms with E-state index in [0.717, 1.165) is 30.6 Å². The third-order valence-electron chi connectivity index (χ3n) is 4.13. The SMILES string of the molecule is C=CCN1C(=O)C(=O)N(CC(=O)NC2CCC(C)CC2)C1=O. The van der Waals surface area contributed by atoms with Gasteiger partial charge in [0.1, 0.15) is 6.54 Å². The second kappa shape index (κ2) is 6.72. The second-order valence-corrected chi connectivity index (χ2v) is 5.90. The Bertz CT molecular complexity index is 509. The summed E-state index contributed by atoms with van der Waals surface area (Å²) in [6, 6.07) is -0.682. The molecule has 2 rings (SSSR count). The molecule has 0 unspecified atom stereocenters. The van der Waals surface area contributed by atoms with Crippen LogP contribution < -0.4 is 5.32 Å². The highest BCUT2D eigenvalue weighted by Crippen LogP contribution is 2.23. The molecule has 1 saturated carbocycles. The van der Waals surface area contributed by atoms with E-state index in [1.807, 2.05) is 0 Å². The van der Waals surface area contributed by atoms with Gasteiger partial charge in [0.15, 0.2) is 0 Å². The van der Waals surface area contributed by atoms with Crippen LogP contribution in [0, 0.1) is 5.92 Å². The maximum atomic E-state index is 12.0. The quantitative estimate of drug-likeness (QED) is 0.459. The van der Waals surface area contributed by atoms with Crippen molar-refractivity contribution in [1.82, 2.24) is 15.1 Å². The van der Waals surface area contributed by atoms with Gasteiger partial charge in [0.2, 0.25) is 5.91 Å². The summed E-state index contributed by atoms with van der Waals surface area (Å²) < 4.78 is 0. The van der Waals surface area contributed by atoms with Gasteiger partial charge in [-0.15, -0.1) is 6.58 Å². The lowest BCUT2D eigenvalue weighted by Gasteiger charge is -2.27. The van der Waals surface area contributed by atoms with E-state index in [4.69, 9.17) is 0 Å². The zero-order valence-corrected chi connectivity index (χ0v) is 12.7. The monoisotopic (exact) mass is 307 g/mol. The van der Waals surface area contributed by atoms with Gasteiger partial charge in [-0.3, -0.25) is 19.3 Å². The van der Waals surface area contributed by atoms with Gasteiger partial charge in [-0.1, -0.05) is 13.0 Å². The Morgan fingerprint density at radius 2 is 1.77 bits per heavy atom. The largest absolute Gasteiger partial charge is 0.352 e. The summed E-state index contributed by atoms with van der Waals surface area (Å²) >= 11 is 0. The lowest BCUT2D eigenvalue weighted by molar-refractivity contribution is -0.143. The number of rotatable bonds is 5. The first-order valence-electron chi connectivity index (χ1n) is 7.51. The fourth-order valence-electron chi connectivity index (χ4n) is 2.80. The summed E-state index contributed by atoms with van der Waals surface area (Å²) in [7, 11) is 0. The first-order valence-corrected chi connectivity index (χ1v) is 7.51. The third-order valence-corrected chi connectivity index (χ3v) is 4.13. The first kappa shape index (κ1) is 16.2. The summed E-state index contributed by atoms with van der Waals surface area (Å²) in [6.07, 6.45) is 5.26. The average molecular weight is 307 g/mol. The van der Waals surface area contributed by atoms with Crippen LogP contribution in [-0.4, -0.2) is 52.7 Å². The molecule has 0 atom stereocenters. The Morgan fingerprint density at radius 3 is 2.36 bits per heavy atom. The predicted octanol–water partition coefficient (Wildman–Crippen LogP) is 0.658. The minimum atomic E-state index is -0.959. The van der Waals surface area contributed by atoms with Gasteiger partial charge < -0.3 is 5.32 Å². The fourth-order valence-corrected chi connectivity index (χ4v) is 2.80. The van der Waals surface area contributed by atoms with E-state index in [9.17, 15) is 19.2 Å². The summed E-state index contributed by atoms with van der Waals surface area (Å²) in [6.45, 7) is 5.16. The van der Waals surface area contributed by atoms with Gasteiger partial charge in [-0.2, -0.15) is 0 Å². The van der Waals surface area contributed by atoms with E-state index >= 15 is 0 Å². The molecular formula is C15H21N3O4. The van der Waals surface area contributed by atoms with Crippen molar-refractivity contribution in [2.75, 3.05) is 13.1 Å². The second-order valence-electron chi connectivity index (χ2n) is 5.90. The normalized spacial score (nSPS) is 25.6. The highest BCUT2D eigenvalue weighted by Gasteiger charge is 2.44. The van der Waals surface area contributed by atoms with Crippen LogP contribution in [0.25, 0.3) is 0 Å². The van der Waals surface area contributed by atoms with Gasteiger partial charge in [-0.25, -0.2) is 9.69 Å². The molecule has 2 fully saturated rings. The molecule has 1 saturated heterocycles. The van der Waals surface area contributed by atoms with E-state index in [1.54, 1.807) is 0 Å². The molecule has 5 amide bonds. The van der Waals surface area contributed by atoms with Crippen LogP contribution in [0.3, 0.4) is 0 Å². The molecule has 22 heavy (non-hydrogen) atoms. The van der Waals surface area contributed by atoms with Crippen LogP contribution in [-0.2, 0) is 14.4 Å². The van der Waals surface area contributed by atoms with E-state index in [0.29, 0.717) is 10.8 Å². The maximum absolute atomic E-state index is 12.0. The molecule has 0 radical (unpaired) electrons. The van der Waals surface area contributed by atoms with Gasteiger partial charge in [0.05, 0.1) is 0 Å². The van der Waals surface area contributed by atoms with E-state index in [2.05, 4.69) is 18.8 Å². The number of nitrogens with zero attached hydrogens (tertiary/aromatic N) is 2. The Kier molecular flexibility index (Phi) is 4.95. The predicted molar refractivity (Wildman–Crippen MR) is 78.6 cm³/mol. The molecular weight excluding hydrogens is 286 g/mol. The Morgan fingerprint density at radius 1 is 1.18 bits per heavy atom. The topological polar surface area (TPSA) is 86.8 Å². The summed E-state index contributed by atoms with van der Waals surface area (Å²) in [4.78, 5) is 48.9. The highest BCUT2D eigenvalue weighted by molar-refractivity contribution is 6.45. The molecule has 0 aromatic carbocycles. The van der Waals surface area contributed by atoms with Gasteiger partial charge >= 0.3 is 17.8 Å². The number of hydrogen-bond acceptors (Lipinski definition) is 4. The first-order chi connectivity index (χ1) is 10.4. The molecule has 7 nitrogen and oxygen atoms in total. The molecule has 0 aromatic heterocycles. The Labute approximate surface area is 129 Å². The lowest BCUT2D eigenvalue weighted by Crippen LogP contribution is -2.45. The number of carbonyl (C=O) groups is 4. The van der Waals surface area contributed by atoms with E-state index in [1.165, 1.54) is 6.08 Å². The molecule has 1 aliphatic heterocycles. The van der Waals surface area contributed by atoms with Crippen LogP contribution >= 0.6 is 0 Å². The van der Waals surface area contributed by atoms with Crippen LogP contribution in [0.4, 0.5) is 4.79 Å². The summed E-state index contributed by atoms with van der Waals surface area (Å²) in [5.74, 6) is -1.61. The summed E-state index contributed by atoms with van der Waals surface area (Å²) in [5, 5.41) is 2.83. The minimum absolute atomic E-state index is 0.0396. The Balaban J connectivity index is 1.91. The van der Waals surface area contributed by atoms with Crippen molar-refractivity contribution < 1.29 is 19.2 Å². The molecule has 120 valence electrons. The number of imide groups is 2. The van der Waals surface area contributed by atoms with Crippen LogP contribution in [0.5, 0.6) is 0 Å². The van der Waals surface area contributed by atoms with Crippen molar-refractivity contribution in [2.24, 2.45) is 5.92 Å². The molecule has 0 spiro atoms. The van der Waals surface area contributed by atoms with Crippen molar-refractivity contribution in [3.05, 3.63) is 12.7 Å². The molecule has 7 heteroatoms. The van der Waals surface area contributed by atoms with Crippen molar-refractivity contribution in [3.63, 3.8) is 0 Å². The Hall–Kier alpha value is -2.18. The number of amides is 5. The highest BCUT2D eigenvalue weighted by atomic mass is 16.2. The van der Waals surface area contributed by atoms with Gasteiger partial charge in [-0.05, 0) is 31.6 Å². The number of nitrogens with one attached hydrogen (secondary N) is 1. The van der Waals surface area contributed by atoms with E-state index in [-0.39, 0.29) is 12.6 Å². The van der Waals surface area contributed by atoms with Crippen molar-refractivity contribution in [2.45, 2.75) is 38.6 Å². The molecule has 1 aliphatic carbocycles. The average Bonchev–Trinajstić information content (AvgIpc) is 2.68. The zero-order valence-electron chi connectivity index (χ0n) is 12.7. The molecule has 2 aliphatic rings. The third kappa shape index (κ3) is 3.35. The number of hydrogen-bond donors (Lipinski definition) is 1. The fraction of sp³-hybridized carbons (Fsp3) is 0.600. The number of carbonyl (C=O) groups excluding carboxylic acids is 4. The molecule has 1 N–H and O–H groups in total. The smallest absolute Gasteiger partial charge is 0.335 e.